The van der Waals surface area contributed by atoms with Crippen molar-refractivity contribution >= 4 is 5.91 Å². The molecule has 0 radical (unpaired) electrons. The summed E-state index contributed by atoms with van der Waals surface area (Å²) in [4.78, 5) is 13.8. The smallest absolute Gasteiger partial charge is 0.239 e. The highest BCUT2D eigenvalue weighted by Crippen LogP contribution is 2.15. The number of nitrogens with two attached hydrogens (primary N) is 1. The predicted molar refractivity (Wildman–Crippen MR) is 66.7 cm³/mol. The van der Waals surface area contributed by atoms with Gasteiger partial charge in [0.25, 0.3) is 0 Å². The van der Waals surface area contributed by atoms with E-state index in [2.05, 4.69) is 0 Å². The Bertz CT molecular complexity index is 370. The average Bonchev–Trinajstić information content (AvgIpc) is 2.99. The van der Waals surface area contributed by atoms with Crippen LogP contribution in [0.4, 0.5) is 0 Å². The van der Waals surface area contributed by atoms with E-state index in [1.165, 1.54) is 0 Å². The third-order valence-corrected chi connectivity index (χ3v) is 3.08. The third-order valence-electron chi connectivity index (χ3n) is 3.08. The standard InChI is InChI=1S/C13H20N2O3/c1-10(14)13(16)15(8-11-4-2-6-17-11)9-12-5-3-7-18-12/h2,4,6,10,12H,3,5,7-9,14H2,1H3/t10-,12-/m1/s1. The molecule has 2 atom stereocenters. The highest BCUT2D eigenvalue weighted by Gasteiger charge is 2.24. The minimum Gasteiger partial charge on any atom is -0.467 e. The number of hydrogen-bond donors (Lipinski definition) is 1. The maximum atomic E-state index is 12.1. The number of hydrogen-bond acceptors (Lipinski definition) is 4. The van der Waals surface area contributed by atoms with Gasteiger partial charge < -0.3 is 19.8 Å². The molecule has 18 heavy (non-hydrogen) atoms. The van der Waals surface area contributed by atoms with Crippen molar-refractivity contribution in [3.8, 4) is 0 Å². The minimum absolute atomic E-state index is 0.0677. The van der Waals surface area contributed by atoms with E-state index in [-0.39, 0.29) is 12.0 Å². The van der Waals surface area contributed by atoms with Crippen LogP contribution in [0.5, 0.6) is 0 Å². The van der Waals surface area contributed by atoms with Crippen molar-refractivity contribution in [3.63, 3.8) is 0 Å². The van der Waals surface area contributed by atoms with Gasteiger partial charge >= 0.3 is 0 Å². The van der Waals surface area contributed by atoms with Crippen LogP contribution in [-0.2, 0) is 16.1 Å². The molecule has 0 spiro atoms. The van der Waals surface area contributed by atoms with Gasteiger partial charge in [-0.15, -0.1) is 0 Å². The number of ether oxygens (including phenoxy) is 1. The zero-order valence-corrected chi connectivity index (χ0v) is 10.7. The third kappa shape index (κ3) is 3.34. The Kier molecular flexibility index (Phi) is 4.38. The van der Waals surface area contributed by atoms with E-state index in [0.29, 0.717) is 13.1 Å². The largest absolute Gasteiger partial charge is 0.467 e. The van der Waals surface area contributed by atoms with E-state index in [1.54, 1.807) is 18.1 Å². The van der Waals surface area contributed by atoms with Crippen LogP contribution in [0, 0.1) is 0 Å². The lowest BCUT2D eigenvalue weighted by molar-refractivity contribution is -0.134. The summed E-state index contributed by atoms with van der Waals surface area (Å²) >= 11 is 0. The van der Waals surface area contributed by atoms with Crippen LogP contribution in [0.25, 0.3) is 0 Å². The summed E-state index contributed by atoms with van der Waals surface area (Å²) in [6, 6.07) is 3.17. The molecule has 1 amide bonds. The molecule has 0 bridgehead atoms. The van der Waals surface area contributed by atoms with Crippen LogP contribution in [0.1, 0.15) is 25.5 Å². The Labute approximate surface area is 107 Å². The SMILES string of the molecule is C[C@@H](N)C(=O)N(Cc1ccco1)C[C@H]1CCCO1. The Morgan fingerprint density at radius 1 is 1.67 bits per heavy atom. The molecule has 1 saturated heterocycles. The molecular formula is C13H20N2O3. The molecule has 1 aliphatic rings. The zero-order valence-electron chi connectivity index (χ0n) is 10.7. The maximum Gasteiger partial charge on any atom is 0.239 e. The minimum atomic E-state index is -0.499. The molecule has 0 aromatic carbocycles. The Balaban J connectivity index is 1.99. The van der Waals surface area contributed by atoms with Crippen LogP contribution >= 0.6 is 0 Å². The summed E-state index contributed by atoms with van der Waals surface area (Å²) in [6.45, 7) is 3.52. The van der Waals surface area contributed by atoms with Crippen LogP contribution in [0.15, 0.2) is 22.8 Å². The number of nitrogens with zero attached hydrogens (tertiary/aromatic N) is 1. The fraction of sp³-hybridized carbons (Fsp3) is 0.615. The molecule has 5 nitrogen and oxygen atoms in total. The molecule has 5 heteroatoms. The summed E-state index contributed by atoms with van der Waals surface area (Å²) in [6.07, 6.45) is 3.80. The van der Waals surface area contributed by atoms with Crippen molar-refractivity contribution in [2.24, 2.45) is 5.73 Å². The fourth-order valence-electron chi connectivity index (χ4n) is 2.15. The topological polar surface area (TPSA) is 68.7 Å². The quantitative estimate of drug-likeness (QED) is 0.853. The first-order valence-corrected chi connectivity index (χ1v) is 6.35. The molecule has 0 aliphatic carbocycles. The van der Waals surface area contributed by atoms with Crippen LogP contribution in [0.2, 0.25) is 0 Å². The van der Waals surface area contributed by atoms with Gasteiger partial charge in [-0.2, -0.15) is 0 Å². The van der Waals surface area contributed by atoms with Gasteiger partial charge in [0.05, 0.1) is 25.0 Å². The monoisotopic (exact) mass is 252 g/mol. The first kappa shape index (κ1) is 13.1. The van der Waals surface area contributed by atoms with Gasteiger partial charge in [-0.1, -0.05) is 0 Å². The van der Waals surface area contributed by atoms with E-state index in [0.717, 1.165) is 25.2 Å². The Morgan fingerprint density at radius 3 is 3.06 bits per heavy atom. The van der Waals surface area contributed by atoms with E-state index in [4.69, 9.17) is 14.9 Å². The normalized spacial score (nSPS) is 20.9. The second-order valence-corrected chi connectivity index (χ2v) is 4.72. The van der Waals surface area contributed by atoms with Crippen molar-refractivity contribution in [2.75, 3.05) is 13.2 Å². The lowest BCUT2D eigenvalue weighted by Gasteiger charge is -2.26. The molecule has 1 aliphatic heterocycles. The molecule has 100 valence electrons. The van der Waals surface area contributed by atoms with Gasteiger partial charge in [0, 0.05) is 13.2 Å². The molecule has 1 fully saturated rings. The molecule has 2 rings (SSSR count). The molecule has 1 aromatic rings. The van der Waals surface area contributed by atoms with Crippen LogP contribution < -0.4 is 5.73 Å². The van der Waals surface area contributed by atoms with E-state index >= 15 is 0 Å². The van der Waals surface area contributed by atoms with Crippen molar-refractivity contribution in [2.45, 2.75) is 38.5 Å². The average molecular weight is 252 g/mol. The van der Waals surface area contributed by atoms with Gasteiger partial charge in [0.15, 0.2) is 0 Å². The second-order valence-electron chi connectivity index (χ2n) is 4.72. The van der Waals surface area contributed by atoms with Gasteiger partial charge in [-0.3, -0.25) is 4.79 Å². The Morgan fingerprint density at radius 2 is 2.50 bits per heavy atom. The first-order chi connectivity index (χ1) is 8.66. The predicted octanol–water partition coefficient (Wildman–Crippen LogP) is 1.13. The molecule has 0 unspecified atom stereocenters. The van der Waals surface area contributed by atoms with Crippen molar-refractivity contribution in [1.82, 2.24) is 4.90 Å². The van der Waals surface area contributed by atoms with Gasteiger partial charge in [0.2, 0.25) is 5.91 Å². The van der Waals surface area contributed by atoms with E-state index < -0.39 is 6.04 Å². The first-order valence-electron chi connectivity index (χ1n) is 6.35. The summed E-state index contributed by atoms with van der Waals surface area (Å²) in [5.74, 6) is 0.698. The number of rotatable bonds is 5. The molecule has 0 saturated carbocycles. The highest BCUT2D eigenvalue weighted by atomic mass is 16.5. The van der Waals surface area contributed by atoms with Gasteiger partial charge in [0.1, 0.15) is 5.76 Å². The summed E-state index contributed by atoms with van der Waals surface area (Å²) in [5, 5.41) is 0. The van der Waals surface area contributed by atoms with E-state index in [9.17, 15) is 4.79 Å². The highest BCUT2D eigenvalue weighted by molar-refractivity contribution is 5.81. The summed E-state index contributed by atoms with van der Waals surface area (Å²) in [5.41, 5.74) is 5.68. The van der Waals surface area contributed by atoms with Gasteiger partial charge in [-0.05, 0) is 31.9 Å². The fourth-order valence-corrected chi connectivity index (χ4v) is 2.15. The van der Waals surface area contributed by atoms with Crippen molar-refractivity contribution in [1.29, 1.82) is 0 Å². The number of furan rings is 1. The molecule has 1 aromatic heterocycles. The molecular weight excluding hydrogens is 232 g/mol. The summed E-state index contributed by atoms with van der Waals surface area (Å²) < 4.78 is 10.9. The van der Waals surface area contributed by atoms with Gasteiger partial charge in [-0.25, -0.2) is 0 Å². The molecule has 2 N–H and O–H groups in total. The van der Waals surface area contributed by atoms with Crippen molar-refractivity contribution in [3.05, 3.63) is 24.2 Å². The lowest BCUT2D eigenvalue weighted by atomic mass is 10.2. The summed E-state index contributed by atoms with van der Waals surface area (Å²) in [7, 11) is 0. The Hall–Kier alpha value is -1.33. The number of carbonyl (C=O) groups excluding carboxylic acids is 1. The van der Waals surface area contributed by atoms with Crippen molar-refractivity contribution < 1.29 is 13.9 Å². The zero-order chi connectivity index (χ0) is 13.0. The molecule has 2 heterocycles. The lowest BCUT2D eigenvalue weighted by Crippen LogP contribution is -2.44. The number of carbonyl (C=O) groups is 1. The second kappa shape index (κ2) is 6.02. The number of amides is 1. The van der Waals surface area contributed by atoms with Crippen LogP contribution in [0.3, 0.4) is 0 Å². The van der Waals surface area contributed by atoms with Crippen LogP contribution in [-0.4, -0.2) is 36.1 Å². The van der Waals surface area contributed by atoms with E-state index in [1.807, 2.05) is 12.1 Å². The maximum absolute atomic E-state index is 12.1.